The Morgan fingerprint density at radius 2 is 1.82 bits per heavy atom. The molecule has 1 heterocycles. The SMILES string of the molecule is Cc1ccc(-c2nc(Nc3ccccc3Cl)sc2C)c(C)c1. The van der Waals surface area contributed by atoms with Crippen molar-refractivity contribution >= 4 is 33.8 Å². The van der Waals surface area contributed by atoms with Gasteiger partial charge in [-0.1, -0.05) is 47.5 Å². The second-order valence-electron chi connectivity index (χ2n) is 5.35. The highest BCUT2D eigenvalue weighted by Gasteiger charge is 2.12. The van der Waals surface area contributed by atoms with E-state index in [2.05, 4.69) is 44.3 Å². The van der Waals surface area contributed by atoms with Gasteiger partial charge in [0.1, 0.15) is 0 Å². The first-order chi connectivity index (χ1) is 10.5. The number of aromatic nitrogens is 1. The van der Waals surface area contributed by atoms with Gasteiger partial charge in [0.2, 0.25) is 0 Å². The van der Waals surface area contributed by atoms with E-state index in [1.807, 2.05) is 24.3 Å². The third-order valence-corrected chi connectivity index (χ3v) is 4.76. The highest BCUT2D eigenvalue weighted by Crippen LogP contribution is 2.35. The number of thiazole rings is 1. The van der Waals surface area contributed by atoms with Crippen molar-refractivity contribution in [2.24, 2.45) is 0 Å². The number of hydrogen-bond donors (Lipinski definition) is 1. The van der Waals surface area contributed by atoms with Crippen LogP contribution in [0.5, 0.6) is 0 Å². The van der Waals surface area contributed by atoms with Crippen LogP contribution in [0.25, 0.3) is 11.3 Å². The number of benzene rings is 2. The van der Waals surface area contributed by atoms with Gasteiger partial charge in [0, 0.05) is 10.4 Å². The number of aryl methyl sites for hydroxylation is 3. The molecule has 0 radical (unpaired) electrons. The summed E-state index contributed by atoms with van der Waals surface area (Å²) in [5.41, 5.74) is 5.62. The molecule has 22 heavy (non-hydrogen) atoms. The minimum Gasteiger partial charge on any atom is -0.330 e. The Hall–Kier alpha value is -1.84. The summed E-state index contributed by atoms with van der Waals surface area (Å²) in [6, 6.07) is 14.2. The van der Waals surface area contributed by atoms with Crippen molar-refractivity contribution in [1.29, 1.82) is 0 Å². The van der Waals surface area contributed by atoms with Crippen LogP contribution in [0.4, 0.5) is 10.8 Å². The number of para-hydroxylation sites is 1. The molecule has 0 atom stereocenters. The molecule has 2 aromatic carbocycles. The maximum Gasteiger partial charge on any atom is 0.188 e. The number of anilines is 2. The van der Waals surface area contributed by atoms with E-state index in [0.717, 1.165) is 16.5 Å². The van der Waals surface area contributed by atoms with Gasteiger partial charge in [0.15, 0.2) is 5.13 Å². The molecule has 0 unspecified atom stereocenters. The van der Waals surface area contributed by atoms with Gasteiger partial charge in [0.05, 0.1) is 16.4 Å². The van der Waals surface area contributed by atoms with E-state index in [0.29, 0.717) is 5.02 Å². The number of halogens is 1. The Morgan fingerprint density at radius 1 is 1.05 bits per heavy atom. The third kappa shape index (κ3) is 3.01. The zero-order valence-electron chi connectivity index (χ0n) is 12.8. The van der Waals surface area contributed by atoms with Crippen LogP contribution in [0.15, 0.2) is 42.5 Å². The fourth-order valence-corrected chi connectivity index (χ4v) is 3.48. The number of hydrogen-bond acceptors (Lipinski definition) is 3. The highest BCUT2D eigenvalue weighted by molar-refractivity contribution is 7.16. The lowest BCUT2D eigenvalue weighted by molar-refractivity contribution is 1.31. The molecule has 3 aromatic rings. The molecule has 0 amide bonds. The van der Waals surface area contributed by atoms with Crippen molar-refractivity contribution in [2.45, 2.75) is 20.8 Å². The summed E-state index contributed by atoms with van der Waals surface area (Å²) in [6.45, 7) is 6.33. The smallest absolute Gasteiger partial charge is 0.188 e. The average Bonchev–Trinajstić information content (AvgIpc) is 2.82. The molecule has 3 rings (SSSR count). The maximum atomic E-state index is 6.19. The van der Waals surface area contributed by atoms with Crippen LogP contribution in [0.2, 0.25) is 5.02 Å². The summed E-state index contributed by atoms with van der Waals surface area (Å²) in [7, 11) is 0. The van der Waals surface area contributed by atoms with Crippen LogP contribution in [-0.2, 0) is 0 Å². The first-order valence-electron chi connectivity index (χ1n) is 7.11. The van der Waals surface area contributed by atoms with E-state index in [1.54, 1.807) is 11.3 Å². The zero-order chi connectivity index (χ0) is 15.7. The lowest BCUT2D eigenvalue weighted by Crippen LogP contribution is -1.91. The summed E-state index contributed by atoms with van der Waals surface area (Å²) in [6.07, 6.45) is 0. The minimum atomic E-state index is 0.698. The molecule has 0 fully saturated rings. The fraction of sp³-hybridized carbons (Fsp3) is 0.167. The van der Waals surface area contributed by atoms with E-state index in [9.17, 15) is 0 Å². The normalized spacial score (nSPS) is 10.7. The summed E-state index contributed by atoms with van der Waals surface area (Å²) in [5.74, 6) is 0. The van der Waals surface area contributed by atoms with Gasteiger partial charge in [-0.2, -0.15) is 0 Å². The molecule has 0 aliphatic heterocycles. The Bertz CT molecular complexity index is 824. The van der Waals surface area contributed by atoms with Gasteiger partial charge in [-0.3, -0.25) is 0 Å². The molecule has 1 aromatic heterocycles. The Balaban J connectivity index is 1.96. The van der Waals surface area contributed by atoms with Crippen LogP contribution in [0.1, 0.15) is 16.0 Å². The summed E-state index contributed by atoms with van der Waals surface area (Å²) in [5, 5.41) is 4.87. The highest BCUT2D eigenvalue weighted by atomic mass is 35.5. The molecule has 2 nitrogen and oxygen atoms in total. The van der Waals surface area contributed by atoms with Gasteiger partial charge in [0.25, 0.3) is 0 Å². The largest absolute Gasteiger partial charge is 0.330 e. The molecule has 0 aliphatic carbocycles. The van der Waals surface area contributed by atoms with Crippen LogP contribution < -0.4 is 5.32 Å². The molecule has 112 valence electrons. The monoisotopic (exact) mass is 328 g/mol. The Labute approximate surface area is 139 Å². The summed E-state index contributed by atoms with van der Waals surface area (Å²) < 4.78 is 0. The molecule has 0 aliphatic rings. The second-order valence-corrected chi connectivity index (χ2v) is 6.96. The predicted molar refractivity (Wildman–Crippen MR) is 96.5 cm³/mol. The van der Waals surface area contributed by atoms with Gasteiger partial charge in [-0.05, 0) is 38.5 Å². The minimum absolute atomic E-state index is 0.698. The molecular formula is C18H17ClN2S. The molecule has 1 N–H and O–H groups in total. The van der Waals surface area contributed by atoms with Gasteiger partial charge in [-0.15, -0.1) is 11.3 Å². The van der Waals surface area contributed by atoms with E-state index >= 15 is 0 Å². The number of nitrogens with one attached hydrogen (secondary N) is 1. The third-order valence-electron chi connectivity index (χ3n) is 3.55. The van der Waals surface area contributed by atoms with Crippen molar-refractivity contribution in [1.82, 2.24) is 4.98 Å². The van der Waals surface area contributed by atoms with Crippen molar-refractivity contribution < 1.29 is 0 Å². The molecule has 0 spiro atoms. The summed E-state index contributed by atoms with van der Waals surface area (Å²) in [4.78, 5) is 5.95. The topological polar surface area (TPSA) is 24.9 Å². The maximum absolute atomic E-state index is 6.19. The van der Waals surface area contributed by atoms with Crippen molar-refractivity contribution in [2.75, 3.05) is 5.32 Å². The van der Waals surface area contributed by atoms with Crippen LogP contribution >= 0.6 is 22.9 Å². The van der Waals surface area contributed by atoms with Crippen molar-refractivity contribution in [3.63, 3.8) is 0 Å². The molecule has 4 heteroatoms. The van der Waals surface area contributed by atoms with E-state index < -0.39 is 0 Å². The van der Waals surface area contributed by atoms with Crippen LogP contribution in [-0.4, -0.2) is 4.98 Å². The Kier molecular flexibility index (Phi) is 4.19. The summed E-state index contributed by atoms with van der Waals surface area (Å²) >= 11 is 7.84. The second kappa shape index (κ2) is 6.11. The molecule has 0 saturated heterocycles. The molecular weight excluding hydrogens is 312 g/mol. The lowest BCUT2D eigenvalue weighted by atomic mass is 10.0. The van der Waals surface area contributed by atoms with Crippen LogP contribution in [0.3, 0.4) is 0 Å². The lowest BCUT2D eigenvalue weighted by Gasteiger charge is -2.05. The van der Waals surface area contributed by atoms with Gasteiger partial charge >= 0.3 is 0 Å². The number of rotatable bonds is 3. The first kappa shape index (κ1) is 15.1. The van der Waals surface area contributed by atoms with E-state index in [-0.39, 0.29) is 0 Å². The molecule has 0 saturated carbocycles. The Morgan fingerprint density at radius 3 is 2.55 bits per heavy atom. The zero-order valence-corrected chi connectivity index (χ0v) is 14.3. The molecule has 0 bridgehead atoms. The van der Waals surface area contributed by atoms with Crippen LogP contribution in [0, 0.1) is 20.8 Å². The average molecular weight is 329 g/mol. The fourth-order valence-electron chi connectivity index (χ4n) is 2.46. The van der Waals surface area contributed by atoms with E-state index in [1.165, 1.54) is 21.6 Å². The first-order valence-corrected chi connectivity index (χ1v) is 8.30. The predicted octanol–water partition coefficient (Wildman–Crippen LogP) is 6.13. The van der Waals surface area contributed by atoms with Gasteiger partial charge in [-0.25, -0.2) is 4.98 Å². The van der Waals surface area contributed by atoms with Crippen molar-refractivity contribution in [3.8, 4) is 11.3 Å². The standard InChI is InChI=1S/C18H17ClN2S/c1-11-8-9-14(12(2)10-11)17-13(3)22-18(21-17)20-16-7-5-4-6-15(16)19/h4-10H,1-3H3,(H,20,21). The number of nitrogens with zero attached hydrogens (tertiary/aromatic N) is 1. The van der Waals surface area contributed by atoms with E-state index in [4.69, 9.17) is 16.6 Å². The van der Waals surface area contributed by atoms with Gasteiger partial charge < -0.3 is 5.32 Å². The van der Waals surface area contributed by atoms with Crippen molar-refractivity contribution in [3.05, 3.63) is 63.5 Å². The quantitative estimate of drug-likeness (QED) is 0.625.